The highest BCUT2D eigenvalue weighted by atomic mass is 16.2. The Labute approximate surface area is 88.8 Å². The number of nitriles is 1. The van der Waals surface area contributed by atoms with Gasteiger partial charge >= 0.3 is 0 Å². The lowest BCUT2D eigenvalue weighted by atomic mass is 9.93. The predicted molar refractivity (Wildman–Crippen MR) is 53.6 cm³/mol. The van der Waals surface area contributed by atoms with Crippen molar-refractivity contribution in [2.45, 2.75) is 32.7 Å². The Kier molecular flexibility index (Phi) is 3.30. The second-order valence-electron chi connectivity index (χ2n) is 4.20. The average molecular weight is 209 g/mol. The molecule has 1 heterocycles. The molecule has 0 aromatic carbocycles. The number of hydrogen-bond donors (Lipinski definition) is 2. The molecule has 5 heteroatoms. The van der Waals surface area contributed by atoms with Crippen LogP contribution in [-0.2, 0) is 9.59 Å². The molecule has 2 amide bonds. The number of carbonyl (C=O) groups is 2. The maximum atomic E-state index is 11.6. The Morgan fingerprint density at radius 3 is 2.87 bits per heavy atom. The van der Waals surface area contributed by atoms with Gasteiger partial charge in [0.1, 0.15) is 11.5 Å². The number of amides is 2. The minimum Gasteiger partial charge on any atom is -0.354 e. The molecule has 1 aliphatic rings. The third-order valence-corrected chi connectivity index (χ3v) is 2.44. The molecular formula is C10H15N3O2. The molecular weight excluding hydrogens is 194 g/mol. The van der Waals surface area contributed by atoms with Gasteiger partial charge in [-0.3, -0.25) is 9.59 Å². The molecule has 1 atom stereocenters. The van der Waals surface area contributed by atoms with E-state index in [2.05, 4.69) is 10.6 Å². The summed E-state index contributed by atoms with van der Waals surface area (Å²) in [6.07, 6.45) is 1.49. The Bertz CT molecular complexity index is 317. The Hall–Kier alpha value is -1.57. The van der Waals surface area contributed by atoms with Crippen molar-refractivity contribution in [2.24, 2.45) is 5.41 Å². The van der Waals surface area contributed by atoms with E-state index in [1.165, 1.54) is 13.8 Å². The van der Waals surface area contributed by atoms with Crippen LogP contribution in [0.5, 0.6) is 0 Å². The van der Waals surface area contributed by atoms with Gasteiger partial charge < -0.3 is 10.6 Å². The van der Waals surface area contributed by atoms with E-state index >= 15 is 0 Å². The first-order chi connectivity index (χ1) is 6.97. The standard InChI is InChI=1S/C10H15N3O2/c1-10(2,6-11)9(15)13-7-4-3-5-12-8(7)14/h7H,3-5H2,1-2H3,(H,12,14)(H,13,15). The molecule has 0 aromatic rings. The van der Waals surface area contributed by atoms with Crippen molar-refractivity contribution in [3.05, 3.63) is 0 Å². The van der Waals surface area contributed by atoms with Gasteiger partial charge in [-0.25, -0.2) is 0 Å². The zero-order valence-corrected chi connectivity index (χ0v) is 8.96. The van der Waals surface area contributed by atoms with Crippen molar-refractivity contribution in [3.63, 3.8) is 0 Å². The first-order valence-corrected chi connectivity index (χ1v) is 4.97. The number of nitrogens with zero attached hydrogens (tertiary/aromatic N) is 1. The molecule has 5 nitrogen and oxygen atoms in total. The molecule has 1 saturated heterocycles. The van der Waals surface area contributed by atoms with Crippen LogP contribution in [-0.4, -0.2) is 24.4 Å². The van der Waals surface area contributed by atoms with Crippen LogP contribution in [0, 0.1) is 16.7 Å². The van der Waals surface area contributed by atoms with Crippen molar-refractivity contribution >= 4 is 11.8 Å². The van der Waals surface area contributed by atoms with Crippen molar-refractivity contribution in [2.75, 3.05) is 6.54 Å². The molecule has 1 rings (SSSR count). The molecule has 1 fully saturated rings. The Morgan fingerprint density at radius 1 is 1.67 bits per heavy atom. The highest BCUT2D eigenvalue weighted by molar-refractivity contribution is 5.91. The fraction of sp³-hybridized carbons (Fsp3) is 0.700. The molecule has 0 spiro atoms. The molecule has 0 aromatic heterocycles. The predicted octanol–water partition coefficient (Wildman–Crippen LogP) is -0.0690. The topological polar surface area (TPSA) is 82.0 Å². The fourth-order valence-corrected chi connectivity index (χ4v) is 1.30. The van der Waals surface area contributed by atoms with Crippen molar-refractivity contribution in [1.29, 1.82) is 5.26 Å². The lowest BCUT2D eigenvalue weighted by Gasteiger charge is -2.25. The summed E-state index contributed by atoms with van der Waals surface area (Å²) in [6, 6.07) is 1.41. The van der Waals surface area contributed by atoms with Crippen LogP contribution in [0.25, 0.3) is 0 Å². The molecule has 0 radical (unpaired) electrons. The van der Waals surface area contributed by atoms with Crippen LogP contribution in [0.1, 0.15) is 26.7 Å². The SMILES string of the molecule is CC(C)(C#N)C(=O)NC1CCCNC1=O. The van der Waals surface area contributed by atoms with Crippen LogP contribution in [0.3, 0.4) is 0 Å². The molecule has 0 aliphatic carbocycles. The quantitative estimate of drug-likeness (QED) is 0.668. The number of carbonyl (C=O) groups excluding carboxylic acids is 2. The highest BCUT2D eigenvalue weighted by Gasteiger charge is 2.32. The van der Waals surface area contributed by atoms with E-state index in [0.29, 0.717) is 13.0 Å². The van der Waals surface area contributed by atoms with Crippen molar-refractivity contribution in [1.82, 2.24) is 10.6 Å². The number of piperidine rings is 1. The maximum absolute atomic E-state index is 11.6. The van der Waals surface area contributed by atoms with Gasteiger partial charge in [-0.2, -0.15) is 5.26 Å². The zero-order chi connectivity index (χ0) is 11.5. The fourth-order valence-electron chi connectivity index (χ4n) is 1.30. The average Bonchev–Trinajstić information content (AvgIpc) is 2.21. The minimum atomic E-state index is -1.09. The normalized spacial score (nSPS) is 21.4. The number of hydrogen-bond acceptors (Lipinski definition) is 3. The van der Waals surface area contributed by atoms with Gasteiger partial charge in [-0.05, 0) is 26.7 Å². The van der Waals surface area contributed by atoms with E-state index in [0.717, 1.165) is 6.42 Å². The second kappa shape index (κ2) is 4.30. The van der Waals surface area contributed by atoms with Crippen LogP contribution >= 0.6 is 0 Å². The van der Waals surface area contributed by atoms with E-state index in [9.17, 15) is 9.59 Å². The first kappa shape index (κ1) is 11.5. The van der Waals surface area contributed by atoms with Gasteiger partial charge in [0.25, 0.3) is 0 Å². The van der Waals surface area contributed by atoms with Crippen LogP contribution in [0.15, 0.2) is 0 Å². The summed E-state index contributed by atoms with van der Waals surface area (Å²) in [5.41, 5.74) is -1.09. The van der Waals surface area contributed by atoms with Gasteiger partial charge in [0.15, 0.2) is 0 Å². The lowest BCUT2D eigenvalue weighted by Crippen LogP contribution is -2.52. The molecule has 82 valence electrons. The highest BCUT2D eigenvalue weighted by Crippen LogP contribution is 2.14. The third-order valence-electron chi connectivity index (χ3n) is 2.44. The summed E-state index contributed by atoms with van der Waals surface area (Å²) in [6.45, 7) is 3.72. The van der Waals surface area contributed by atoms with Crippen LogP contribution < -0.4 is 10.6 Å². The molecule has 2 N–H and O–H groups in total. The minimum absolute atomic E-state index is 0.164. The summed E-state index contributed by atoms with van der Waals surface area (Å²) >= 11 is 0. The van der Waals surface area contributed by atoms with E-state index in [1.807, 2.05) is 6.07 Å². The van der Waals surface area contributed by atoms with E-state index in [1.54, 1.807) is 0 Å². The first-order valence-electron chi connectivity index (χ1n) is 4.97. The van der Waals surface area contributed by atoms with Crippen molar-refractivity contribution in [3.8, 4) is 6.07 Å². The van der Waals surface area contributed by atoms with Gasteiger partial charge in [-0.1, -0.05) is 0 Å². The molecule has 15 heavy (non-hydrogen) atoms. The van der Waals surface area contributed by atoms with E-state index in [4.69, 9.17) is 5.26 Å². The smallest absolute Gasteiger partial charge is 0.242 e. The molecule has 0 saturated carbocycles. The number of nitrogens with one attached hydrogen (secondary N) is 2. The van der Waals surface area contributed by atoms with Crippen molar-refractivity contribution < 1.29 is 9.59 Å². The summed E-state index contributed by atoms with van der Waals surface area (Å²) in [5.74, 6) is -0.560. The second-order valence-corrected chi connectivity index (χ2v) is 4.20. The summed E-state index contributed by atoms with van der Waals surface area (Å²) in [7, 11) is 0. The van der Waals surface area contributed by atoms with Crippen LogP contribution in [0.2, 0.25) is 0 Å². The summed E-state index contributed by atoms with van der Waals surface area (Å²) in [5, 5.41) is 14.0. The summed E-state index contributed by atoms with van der Waals surface area (Å²) < 4.78 is 0. The summed E-state index contributed by atoms with van der Waals surface area (Å²) in [4.78, 5) is 22.9. The zero-order valence-electron chi connectivity index (χ0n) is 8.96. The Balaban J connectivity index is 2.58. The third kappa shape index (κ3) is 2.69. The van der Waals surface area contributed by atoms with Gasteiger partial charge in [-0.15, -0.1) is 0 Å². The van der Waals surface area contributed by atoms with Gasteiger partial charge in [0.05, 0.1) is 6.07 Å². The van der Waals surface area contributed by atoms with Gasteiger partial charge in [0.2, 0.25) is 11.8 Å². The Morgan fingerprint density at radius 2 is 2.33 bits per heavy atom. The maximum Gasteiger partial charge on any atom is 0.242 e. The van der Waals surface area contributed by atoms with E-state index in [-0.39, 0.29) is 5.91 Å². The molecule has 1 aliphatic heterocycles. The van der Waals surface area contributed by atoms with Gasteiger partial charge in [0, 0.05) is 6.54 Å². The number of rotatable bonds is 2. The monoisotopic (exact) mass is 209 g/mol. The molecule has 1 unspecified atom stereocenters. The molecule has 0 bridgehead atoms. The van der Waals surface area contributed by atoms with Crippen LogP contribution in [0.4, 0.5) is 0 Å². The van der Waals surface area contributed by atoms with E-state index < -0.39 is 17.4 Å². The largest absolute Gasteiger partial charge is 0.354 e. The lowest BCUT2D eigenvalue weighted by molar-refractivity contribution is -0.133.